The Morgan fingerprint density at radius 3 is 2.50 bits per heavy atom. The molecule has 0 unspecified atom stereocenters. The first-order valence-corrected chi connectivity index (χ1v) is 6.29. The van der Waals surface area contributed by atoms with Crippen molar-refractivity contribution < 1.29 is 4.42 Å². The Labute approximate surface area is 116 Å². The van der Waals surface area contributed by atoms with Gasteiger partial charge in [0.25, 0.3) is 0 Å². The van der Waals surface area contributed by atoms with Crippen LogP contribution < -0.4 is 11.4 Å². The number of nitrogens with two attached hydrogens (primary N) is 1. The van der Waals surface area contributed by atoms with Crippen molar-refractivity contribution in [2.24, 2.45) is 0 Å². The molecule has 2 aromatic carbocycles. The van der Waals surface area contributed by atoms with Crippen LogP contribution in [-0.4, -0.2) is 0 Å². The predicted molar refractivity (Wildman–Crippen MR) is 82.3 cm³/mol. The van der Waals surface area contributed by atoms with Crippen LogP contribution in [0.4, 0.5) is 5.69 Å². The second kappa shape index (κ2) is 5.05. The number of hydrogen-bond donors (Lipinski definition) is 1. The summed E-state index contributed by atoms with van der Waals surface area (Å²) in [5.74, 6) is 0. The van der Waals surface area contributed by atoms with Gasteiger partial charge in [-0.05, 0) is 23.8 Å². The van der Waals surface area contributed by atoms with Gasteiger partial charge in [0.2, 0.25) is 0 Å². The molecule has 3 rings (SSSR count). The molecule has 1 heterocycles. The van der Waals surface area contributed by atoms with Gasteiger partial charge < -0.3 is 10.2 Å². The fourth-order valence-electron chi connectivity index (χ4n) is 2.04. The molecule has 0 aliphatic rings. The van der Waals surface area contributed by atoms with Gasteiger partial charge in [0, 0.05) is 22.7 Å². The minimum Gasteiger partial charge on any atom is -0.422 e. The van der Waals surface area contributed by atoms with Crippen LogP contribution >= 0.6 is 0 Å². The molecule has 20 heavy (non-hydrogen) atoms. The van der Waals surface area contributed by atoms with E-state index < -0.39 is 0 Å². The first-order valence-electron chi connectivity index (χ1n) is 6.29. The summed E-state index contributed by atoms with van der Waals surface area (Å²) in [6, 6.07) is 16.5. The summed E-state index contributed by atoms with van der Waals surface area (Å²) in [5.41, 5.74) is 8.56. The molecule has 0 atom stereocenters. The second-order valence-electron chi connectivity index (χ2n) is 4.52. The van der Waals surface area contributed by atoms with Crippen molar-refractivity contribution in [1.29, 1.82) is 0 Å². The monoisotopic (exact) mass is 263 g/mol. The molecule has 1 aromatic heterocycles. The lowest BCUT2D eigenvalue weighted by molar-refractivity contribution is 0.560. The van der Waals surface area contributed by atoms with Gasteiger partial charge in [-0.2, -0.15) is 0 Å². The molecule has 0 spiro atoms. The van der Waals surface area contributed by atoms with E-state index in [0.29, 0.717) is 5.58 Å². The van der Waals surface area contributed by atoms with Crippen LogP contribution in [0.5, 0.6) is 0 Å². The third kappa shape index (κ3) is 2.47. The standard InChI is InChI=1S/C17H13NO2/c18-15-9-5-12(6-10-15)4-7-13-2-1-3-14-8-11-16(19)20-17(13)14/h1-11H,18H2/b7-4+. The van der Waals surface area contributed by atoms with E-state index in [1.807, 2.05) is 54.6 Å². The lowest BCUT2D eigenvalue weighted by atomic mass is 10.1. The molecule has 0 fully saturated rings. The first kappa shape index (κ1) is 12.2. The van der Waals surface area contributed by atoms with Crippen molar-refractivity contribution in [2.75, 3.05) is 5.73 Å². The highest BCUT2D eigenvalue weighted by Gasteiger charge is 2.01. The van der Waals surface area contributed by atoms with E-state index in [4.69, 9.17) is 10.2 Å². The number of anilines is 1. The molecule has 0 radical (unpaired) electrons. The molecular formula is C17H13NO2. The zero-order chi connectivity index (χ0) is 13.9. The van der Waals surface area contributed by atoms with Gasteiger partial charge in [-0.1, -0.05) is 42.5 Å². The van der Waals surface area contributed by atoms with E-state index in [1.165, 1.54) is 6.07 Å². The number of fused-ring (bicyclic) bond motifs is 1. The summed E-state index contributed by atoms with van der Waals surface area (Å²) in [6.07, 6.45) is 3.89. The zero-order valence-corrected chi connectivity index (χ0v) is 10.7. The van der Waals surface area contributed by atoms with Crippen LogP contribution in [0.15, 0.2) is 63.8 Å². The molecule has 0 aliphatic carbocycles. The molecule has 0 saturated heterocycles. The van der Waals surface area contributed by atoms with Crippen LogP contribution in [0.3, 0.4) is 0 Å². The maximum Gasteiger partial charge on any atom is 0.336 e. The van der Waals surface area contributed by atoms with E-state index in [9.17, 15) is 4.79 Å². The Balaban J connectivity index is 2.04. The topological polar surface area (TPSA) is 56.2 Å². The van der Waals surface area contributed by atoms with Crippen LogP contribution in [0.1, 0.15) is 11.1 Å². The highest BCUT2D eigenvalue weighted by molar-refractivity contribution is 5.88. The summed E-state index contributed by atoms with van der Waals surface area (Å²) in [7, 11) is 0. The van der Waals surface area contributed by atoms with Crippen LogP contribution in [0.25, 0.3) is 23.1 Å². The molecule has 0 saturated carbocycles. The summed E-state index contributed by atoms with van der Waals surface area (Å²) in [4.78, 5) is 11.3. The number of nitrogen functional groups attached to an aromatic ring is 1. The van der Waals surface area contributed by atoms with Crippen LogP contribution in [0.2, 0.25) is 0 Å². The summed E-state index contributed by atoms with van der Waals surface area (Å²) in [5, 5.41) is 0.907. The van der Waals surface area contributed by atoms with Gasteiger partial charge in [-0.15, -0.1) is 0 Å². The van der Waals surface area contributed by atoms with E-state index in [1.54, 1.807) is 6.07 Å². The largest absolute Gasteiger partial charge is 0.422 e. The van der Waals surface area contributed by atoms with Crippen molar-refractivity contribution in [1.82, 2.24) is 0 Å². The van der Waals surface area contributed by atoms with Gasteiger partial charge in [-0.25, -0.2) is 4.79 Å². The van der Waals surface area contributed by atoms with Crippen LogP contribution in [0, 0.1) is 0 Å². The molecule has 0 aliphatic heterocycles. The fraction of sp³-hybridized carbons (Fsp3) is 0. The number of hydrogen-bond acceptors (Lipinski definition) is 3. The Morgan fingerprint density at radius 2 is 1.70 bits per heavy atom. The van der Waals surface area contributed by atoms with E-state index in [-0.39, 0.29) is 5.63 Å². The Kier molecular flexibility index (Phi) is 3.09. The molecule has 3 aromatic rings. The van der Waals surface area contributed by atoms with Gasteiger partial charge in [0.1, 0.15) is 5.58 Å². The molecule has 98 valence electrons. The van der Waals surface area contributed by atoms with Gasteiger partial charge in [-0.3, -0.25) is 0 Å². The normalized spacial score (nSPS) is 11.2. The average Bonchev–Trinajstić information content (AvgIpc) is 2.47. The van der Waals surface area contributed by atoms with Crippen molar-refractivity contribution in [2.45, 2.75) is 0 Å². The molecule has 0 amide bonds. The van der Waals surface area contributed by atoms with E-state index in [2.05, 4.69) is 0 Å². The van der Waals surface area contributed by atoms with E-state index in [0.717, 1.165) is 22.2 Å². The molecular weight excluding hydrogens is 250 g/mol. The lowest BCUT2D eigenvalue weighted by Crippen LogP contribution is -1.95. The number of benzene rings is 2. The predicted octanol–water partition coefficient (Wildman–Crippen LogP) is 3.55. The van der Waals surface area contributed by atoms with Crippen molar-refractivity contribution in [3.05, 3.63) is 76.1 Å². The number of rotatable bonds is 2. The molecule has 3 heteroatoms. The zero-order valence-electron chi connectivity index (χ0n) is 10.7. The quantitative estimate of drug-likeness (QED) is 0.437. The molecule has 2 N–H and O–H groups in total. The van der Waals surface area contributed by atoms with Gasteiger partial charge in [0.05, 0.1) is 0 Å². The maximum atomic E-state index is 11.3. The summed E-state index contributed by atoms with van der Waals surface area (Å²) < 4.78 is 5.27. The van der Waals surface area contributed by atoms with Crippen molar-refractivity contribution >= 4 is 28.8 Å². The summed E-state index contributed by atoms with van der Waals surface area (Å²) in [6.45, 7) is 0. The minimum atomic E-state index is -0.342. The Bertz CT molecular complexity index is 829. The van der Waals surface area contributed by atoms with Gasteiger partial charge in [0.15, 0.2) is 0 Å². The highest BCUT2D eigenvalue weighted by atomic mass is 16.4. The first-order chi connectivity index (χ1) is 9.72. The average molecular weight is 263 g/mol. The highest BCUT2D eigenvalue weighted by Crippen LogP contribution is 2.19. The van der Waals surface area contributed by atoms with Gasteiger partial charge >= 0.3 is 5.63 Å². The molecule has 3 nitrogen and oxygen atoms in total. The summed E-state index contributed by atoms with van der Waals surface area (Å²) >= 11 is 0. The third-order valence-electron chi connectivity index (χ3n) is 3.07. The molecule has 0 bridgehead atoms. The van der Waals surface area contributed by atoms with E-state index >= 15 is 0 Å². The maximum absolute atomic E-state index is 11.3. The second-order valence-corrected chi connectivity index (χ2v) is 4.52. The van der Waals surface area contributed by atoms with Crippen molar-refractivity contribution in [3.63, 3.8) is 0 Å². The van der Waals surface area contributed by atoms with Crippen molar-refractivity contribution in [3.8, 4) is 0 Å². The third-order valence-corrected chi connectivity index (χ3v) is 3.07. The minimum absolute atomic E-state index is 0.342. The Morgan fingerprint density at radius 1 is 0.900 bits per heavy atom. The SMILES string of the molecule is Nc1ccc(/C=C/c2cccc3ccc(=O)oc23)cc1. The lowest BCUT2D eigenvalue weighted by Gasteiger charge is -2.00. The smallest absolute Gasteiger partial charge is 0.336 e. The fourth-order valence-corrected chi connectivity index (χ4v) is 2.04. The number of para-hydroxylation sites is 1. The Hall–Kier alpha value is -2.81. The van der Waals surface area contributed by atoms with Crippen LogP contribution in [-0.2, 0) is 0 Å².